The lowest BCUT2D eigenvalue weighted by atomic mass is 9.83. The van der Waals surface area contributed by atoms with E-state index in [1.165, 1.54) is 0 Å². The molecule has 0 saturated carbocycles. The van der Waals surface area contributed by atoms with Crippen LogP contribution in [0.1, 0.15) is 53.9 Å². The van der Waals surface area contributed by atoms with Gasteiger partial charge in [0.2, 0.25) is 11.8 Å². The first kappa shape index (κ1) is 16.6. The number of hydrogen-bond acceptors (Lipinski definition) is 2. The van der Waals surface area contributed by atoms with Crippen LogP contribution in [0.3, 0.4) is 0 Å². The van der Waals surface area contributed by atoms with Crippen molar-refractivity contribution in [3.63, 3.8) is 0 Å². The third kappa shape index (κ3) is 3.15. The number of hydrogen-bond donors (Lipinski definition) is 1. The SMILES string of the molecule is C#CCC(CC)N1C(=O)C(C(C)(C)C)NC(=O)C1CC. The van der Waals surface area contributed by atoms with Crippen molar-refractivity contribution in [1.29, 1.82) is 0 Å². The molecule has 1 rings (SSSR count). The van der Waals surface area contributed by atoms with E-state index in [2.05, 4.69) is 11.2 Å². The molecule has 0 aliphatic carbocycles. The van der Waals surface area contributed by atoms with Gasteiger partial charge in [-0.15, -0.1) is 12.3 Å². The molecule has 0 aromatic rings. The monoisotopic (exact) mass is 278 g/mol. The Bertz CT molecular complexity index is 417. The maximum Gasteiger partial charge on any atom is 0.246 e. The number of nitrogens with zero attached hydrogens (tertiary/aromatic N) is 1. The van der Waals surface area contributed by atoms with Crippen LogP contribution in [-0.2, 0) is 9.59 Å². The number of rotatable bonds is 4. The van der Waals surface area contributed by atoms with Gasteiger partial charge < -0.3 is 10.2 Å². The summed E-state index contributed by atoms with van der Waals surface area (Å²) in [6.07, 6.45) is 7.27. The molecule has 1 N–H and O–H groups in total. The Morgan fingerprint density at radius 3 is 2.35 bits per heavy atom. The smallest absolute Gasteiger partial charge is 0.246 e. The van der Waals surface area contributed by atoms with Crippen molar-refractivity contribution in [3.05, 3.63) is 0 Å². The molecule has 20 heavy (non-hydrogen) atoms. The molecule has 4 heteroatoms. The van der Waals surface area contributed by atoms with Gasteiger partial charge in [-0.1, -0.05) is 34.6 Å². The van der Waals surface area contributed by atoms with Crippen molar-refractivity contribution in [2.24, 2.45) is 5.41 Å². The second-order valence-corrected chi connectivity index (χ2v) is 6.45. The first-order valence-corrected chi connectivity index (χ1v) is 7.33. The Labute approximate surface area is 122 Å². The van der Waals surface area contributed by atoms with Crippen LogP contribution in [0.25, 0.3) is 0 Å². The normalized spacial score (nSPS) is 25.1. The third-order valence-corrected chi connectivity index (χ3v) is 3.90. The second-order valence-electron chi connectivity index (χ2n) is 6.45. The number of amides is 2. The average Bonchev–Trinajstić information content (AvgIpc) is 2.37. The molecule has 1 saturated heterocycles. The summed E-state index contributed by atoms with van der Waals surface area (Å²) in [5.41, 5.74) is -0.307. The maximum absolute atomic E-state index is 12.8. The van der Waals surface area contributed by atoms with Gasteiger partial charge in [-0.05, 0) is 18.3 Å². The first-order chi connectivity index (χ1) is 9.27. The van der Waals surface area contributed by atoms with E-state index in [1.54, 1.807) is 4.90 Å². The second kappa shape index (κ2) is 6.30. The fourth-order valence-corrected chi connectivity index (χ4v) is 2.71. The predicted molar refractivity (Wildman–Crippen MR) is 79.8 cm³/mol. The van der Waals surface area contributed by atoms with E-state index in [0.717, 1.165) is 6.42 Å². The summed E-state index contributed by atoms with van der Waals surface area (Å²) in [5.74, 6) is 2.55. The lowest BCUT2D eigenvalue weighted by molar-refractivity contribution is -0.155. The van der Waals surface area contributed by atoms with E-state index in [0.29, 0.717) is 12.8 Å². The highest BCUT2D eigenvalue weighted by atomic mass is 16.2. The molecule has 3 unspecified atom stereocenters. The molecule has 4 nitrogen and oxygen atoms in total. The van der Waals surface area contributed by atoms with Crippen molar-refractivity contribution < 1.29 is 9.59 Å². The van der Waals surface area contributed by atoms with E-state index in [-0.39, 0.29) is 23.3 Å². The molecule has 3 atom stereocenters. The topological polar surface area (TPSA) is 49.4 Å². The van der Waals surface area contributed by atoms with Crippen LogP contribution >= 0.6 is 0 Å². The van der Waals surface area contributed by atoms with Crippen LogP contribution < -0.4 is 5.32 Å². The highest BCUT2D eigenvalue weighted by molar-refractivity contribution is 5.97. The van der Waals surface area contributed by atoms with E-state index in [9.17, 15) is 9.59 Å². The Balaban J connectivity index is 3.16. The van der Waals surface area contributed by atoms with Gasteiger partial charge in [0.05, 0.1) is 0 Å². The number of carbonyl (C=O) groups is 2. The molecule has 1 fully saturated rings. The maximum atomic E-state index is 12.8. The lowest BCUT2D eigenvalue weighted by Gasteiger charge is -2.46. The Morgan fingerprint density at radius 1 is 1.35 bits per heavy atom. The number of carbonyl (C=O) groups excluding carboxylic acids is 2. The summed E-state index contributed by atoms with van der Waals surface area (Å²) in [6, 6.07) is -0.947. The largest absolute Gasteiger partial charge is 0.342 e. The van der Waals surface area contributed by atoms with Crippen LogP contribution in [0.2, 0.25) is 0 Å². The van der Waals surface area contributed by atoms with Gasteiger partial charge in [-0.2, -0.15) is 0 Å². The van der Waals surface area contributed by atoms with Gasteiger partial charge in [0.15, 0.2) is 0 Å². The van der Waals surface area contributed by atoms with Crippen LogP contribution in [0.15, 0.2) is 0 Å². The summed E-state index contributed by atoms with van der Waals surface area (Å²) in [6.45, 7) is 9.80. The van der Waals surface area contributed by atoms with Gasteiger partial charge in [0.25, 0.3) is 0 Å². The summed E-state index contributed by atoms with van der Waals surface area (Å²) in [5, 5.41) is 2.88. The lowest BCUT2D eigenvalue weighted by Crippen LogP contribution is -2.68. The highest BCUT2D eigenvalue weighted by Gasteiger charge is 2.46. The molecule has 0 aromatic carbocycles. The molecule has 0 radical (unpaired) electrons. The standard InChI is InChI=1S/C16H26N2O2/c1-7-10-11(8-2)18-12(9-3)14(19)17-13(15(18)20)16(4,5)6/h1,11-13H,8-10H2,2-6H3,(H,17,19). The van der Waals surface area contributed by atoms with Gasteiger partial charge in [-0.25, -0.2) is 0 Å². The van der Waals surface area contributed by atoms with E-state index < -0.39 is 12.1 Å². The fraction of sp³-hybridized carbons (Fsp3) is 0.750. The molecule has 1 aliphatic heterocycles. The fourth-order valence-electron chi connectivity index (χ4n) is 2.71. The summed E-state index contributed by atoms with van der Waals surface area (Å²) < 4.78 is 0. The molecular formula is C16H26N2O2. The molecule has 2 amide bonds. The summed E-state index contributed by atoms with van der Waals surface area (Å²) in [4.78, 5) is 26.8. The quantitative estimate of drug-likeness (QED) is 0.799. The van der Waals surface area contributed by atoms with Crippen molar-refractivity contribution in [1.82, 2.24) is 10.2 Å². The Hall–Kier alpha value is -1.50. The Kier molecular flexibility index (Phi) is 5.21. The van der Waals surface area contributed by atoms with Crippen molar-refractivity contribution in [3.8, 4) is 12.3 Å². The van der Waals surface area contributed by atoms with Crippen molar-refractivity contribution >= 4 is 11.8 Å². The van der Waals surface area contributed by atoms with Crippen LogP contribution in [0, 0.1) is 17.8 Å². The van der Waals surface area contributed by atoms with Gasteiger partial charge >= 0.3 is 0 Å². The number of terminal acetylenes is 1. The van der Waals surface area contributed by atoms with Crippen LogP contribution in [0.5, 0.6) is 0 Å². The minimum atomic E-state index is -0.482. The average molecular weight is 278 g/mol. The molecule has 0 bridgehead atoms. The van der Waals surface area contributed by atoms with E-state index in [1.807, 2.05) is 34.6 Å². The zero-order valence-electron chi connectivity index (χ0n) is 13.2. The predicted octanol–water partition coefficient (Wildman–Crippen LogP) is 1.94. The van der Waals surface area contributed by atoms with E-state index >= 15 is 0 Å². The summed E-state index contributed by atoms with van der Waals surface area (Å²) >= 11 is 0. The summed E-state index contributed by atoms with van der Waals surface area (Å²) in [7, 11) is 0. The molecular weight excluding hydrogens is 252 g/mol. The first-order valence-electron chi connectivity index (χ1n) is 7.33. The third-order valence-electron chi connectivity index (χ3n) is 3.90. The molecule has 112 valence electrons. The van der Waals surface area contributed by atoms with Gasteiger partial charge in [0, 0.05) is 12.5 Å². The minimum Gasteiger partial charge on any atom is -0.342 e. The zero-order valence-corrected chi connectivity index (χ0v) is 13.2. The minimum absolute atomic E-state index is 0.00829. The molecule has 0 aromatic heterocycles. The zero-order chi connectivity index (χ0) is 15.5. The molecule has 1 aliphatic rings. The van der Waals surface area contributed by atoms with Crippen molar-refractivity contribution in [2.45, 2.75) is 72.0 Å². The highest BCUT2D eigenvalue weighted by Crippen LogP contribution is 2.28. The molecule has 0 spiro atoms. The molecule has 1 heterocycles. The van der Waals surface area contributed by atoms with Crippen LogP contribution in [-0.4, -0.2) is 34.8 Å². The van der Waals surface area contributed by atoms with Gasteiger partial charge in [0.1, 0.15) is 12.1 Å². The number of piperazine rings is 1. The van der Waals surface area contributed by atoms with E-state index in [4.69, 9.17) is 6.42 Å². The number of nitrogens with one attached hydrogen (secondary N) is 1. The van der Waals surface area contributed by atoms with Gasteiger partial charge in [-0.3, -0.25) is 9.59 Å². The Morgan fingerprint density at radius 2 is 1.95 bits per heavy atom. The van der Waals surface area contributed by atoms with Crippen molar-refractivity contribution in [2.75, 3.05) is 0 Å². The van der Waals surface area contributed by atoms with Crippen LogP contribution in [0.4, 0.5) is 0 Å².